The first kappa shape index (κ1) is 14.0. The third kappa shape index (κ3) is 3.55. The molecule has 2 aromatic carbocycles. The first-order valence-electron chi connectivity index (χ1n) is 6.32. The van der Waals surface area contributed by atoms with Gasteiger partial charge in [-0.05, 0) is 30.2 Å². The molecule has 0 aliphatic carbocycles. The van der Waals surface area contributed by atoms with Gasteiger partial charge in [-0.3, -0.25) is 10.1 Å². The molecule has 1 atom stereocenters. The Morgan fingerprint density at radius 3 is 2.60 bits per heavy atom. The smallest absolute Gasteiger partial charge is 0.269 e. The van der Waals surface area contributed by atoms with Gasteiger partial charge in [-0.25, -0.2) is 0 Å². The van der Waals surface area contributed by atoms with Gasteiger partial charge in [0, 0.05) is 24.7 Å². The van der Waals surface area contributed by atoms with Crippen LogP contribution in [0.15, 0.2) is 48.5 Å². The third-order valence-electron chi connectivity index (χ3n) is 3.13. The average molecular weight is 272 g/mol. The van der Waals surface area contributed by atoms with Gasteiger partial charge >= 0.3 is 0 Å². The molecule has 0 amide bonds. The lowest BCUT2D eigenvalue weighted by molar-refractivity contribution is -0.384. The average Bonchev–Trinajstić information content (AvgIpc) is 2.46. The van der Waals surface area contributed by atoms with E-state index in [1.807, 2.05) is 25.1 Å². The highest BCUT2D eigenvalue weighted by Gasteiger charge is 2.10. The zero-order valence-corrected chi connectivity index (χ0v) is 11.1. The fourth-order valence-corrected chi connectivity index (χ4v) is 1.91. The Morgan fingerprint density at radius 2 is 1.95 bits per heavy atom. The molecular formula is C15H16N2O3. The summed E-state index contributed by atoms with van der Waals surface area (Å²) in [7, 11) is 0. The Morgan fingerprint density at radius 1 is 1.25 bits per heavy atom. The second kappa shape index (κ2) is 6.16. The Balaban J connectivity index is 2.01. The lowest BCUT2D eigenvalue weighted by Gasteiger charge is -2.14. The van der Waals surface area contributed by atoms with Gasteiger partial charge in [-0.2, -0.15) is 0 Å². The van der Waals surface area contributed by atoms with Gasteiger partial charge in [0.2, 0.25) is 0 Å². The summed E-state index contributed by atoms with van der Waals surface area (Å²) in [5.74, 6) is 0.237. The fourth-order valence-electron chi connectivity index (χ4n) is 1.91. The van der Waals surface area contributed by atoms with E-state index in [-0.39, 0.29) is 17.5 Å². The van der Waals surface area contributed by atoms with Crippen molar-refractivity contribution >= 4 is 5.69 Å². The predicted molar refractivity (Wildman–Crippen MR) is 76.5 cm³/mol. The summed E-state index contributed by atoms with van der Waals surface area (Å²) in [4.78, 5) is 10.4. The van der Waals surface area contributed by atoms with Crippen molar-refractivity contribution < 1.29 is 10.0 Å². The molecule has 0 saturated carbocycles. The van der Waals surface area contributed by atoms with E-state index >= 15 is 0 Å². The summed E-state index contributed by atoms with van der Waals surface area (Å²) in [6.45, 7) is 2.59. The fraction of sp³-hybridized carbons (Fsp3) is 0.200. The number of nitro benzene ring substituents is 1. The summed E-state index contributed by atoms with van der Waals surface area (Å²) in [5, 5.41) is 23.3. The van der Waals surface area contributed by atoms with E-state index in [0.717, 1.165) is 11.1 Å². The molecule has 0 bridgehead atoms. The first-order valence-corrected chi connectivity index (χ1v) is 6.32. The second-order valence-corrected chi connectivity index (χ2v) is 4.62. The number of nitro groups is 1. The maximum Gasteiger partial charge on any atom is 0.269 e. The molecule has 0 fully saturated rings. The van der Waals surface area contributed by atoms with Crippen LogP contribution in [0, 0.1) is 10.1 Å². The minimum Gasteiger partial charge on any atom is -0.508 e. The number of phenolic OH excluding ortho intramolecular Hbond substituents is 1. The molecule has 2 N–H and O–H groups in total. The topological polar surface area (TPSA) is 75.4 Å². The van der Waals surface area contributed by atoms with Crippen molar-refractivity contribution in [1.29, 1.82) is 0 Å². The third-order valence-corrected chi connectivity index (χ3v) is 3.13. The summed E-state index contributed by atoms with van der Waals surface area (Å²) in [6.07, 6.45) is 0. The molecule has 0 aromatic heterocycles. The highest BCUT2D eigenvalue weighted by Crippen LogP contribution is 2.19. The number of nitrogens with one attached hydrogen (secondary N) is 1. The molecule has 5 nitrogen and oxygen atoms in total. The lowest BCUT2D eigenvalue weighted by atomic mass is 10.1. The molecule has 104 valence electrons. The summed E-state index contributed by atoms with van der Waals surface area (Å²) >= 11 is 0. The zero-order valence-electron chi connectivity index (χ0n) is 11.1. The summed E-state index contributed by atoms with van der Waals surface area (Å²) < 4.78 is 0. The molecule has 2 aromatic rings. The van der Waals surface area contributed by atoms with Gasteiger partial charge in [0.1, 0.15) is 5.75 Å². The molecule has 0 aliphatic heterocycles. The van der Waals surface area contributed by atoms with Crippen molar-refractivity contribution in [3.8, 4) is 5.75 Å². The monoisotopic (exact) mass is 272 g/mol. The Bertz CT molecular complexity index is 596. The van der Waals surface area contributed by atoms with Crippen molar-refractivity contribution in [2.24, 2.45) is 0 Å². The van der Waals surface area contributed by atoms with Gasteiger partial charge in [0.25, 0.3) is 5.69 Å². The van der Waals surface area contributed by atoms with E-state index in [1.165, 1.54) is 6.07 Å². The zero-order chi connectivity index (χ0) is 14.5. The molecule has 0 heterocycles. The van der Waals surface area contributed by atoms with Crippen molar-refractivity contribution in [2.75, 3.05) is 0 Å². The highest BCUT2D eigenvalue weighted by atomic mass is 16.6. The molecule has 1 unspecified atom stereocenters. The minimum absolute atomic E-state index is 0.00343. The number of benzene rings is 2. The van der Waals surface area contributed by atoms with Crippen LogP contribution in [-0.2, 0) is 6.54 Å². The highest BCUT2D eigenvalue weighted by molar-refractivity contribution is 5.35. The van der Waals surface area contributed by atoms with Gasteiger partial charge in [-0.15, -0.1) is 0 Å². The standard InChI is InChI=1S/C15H16N2O3/c1-11(13-3-2-4-14(9-13)17(19)20)16-10-12-5-7-15(18)8-6-12/h2-9,11,16,18H,10H2,1H3. The van der Waals surface area contributed by atoms with Crippen LogP contribution in [0.2, 0.25) is 0 Å². The number of aromatic hydroxyl groups is 1. The molecule has 2 rings (SSSR count). The predicted octanol–water partition coefficient (Wildman–Crippen LogP) is 3.15. The lowest BCUT2D eigenvalue weighted by Crippen LogP contribution is -2.18. The van der Waals surface area contributed by atoms with E-state index in [1.54, 1.807) is 24.3 Å². The van der Waals surface area contributed by atoms with Crippen LogP contribution in [0.5, 0.6) is 5.75 Å². The number of hydrogen-bond donors (Lipinski definition) is 2. The Hall–Kier alpha value is -2.40. The second-order valence-electron chi connectivity index (χ2n) is 4.62. The molecule has 0 saturated heterocycles. The Labute approximate surface area is 117 Å². The molecule has 0 spiro atoms. The number of nitrogens with zero attached hydrogens (tertiary/aromatic N) is 1. The van der Waals surface area contributed by atoms with Crippen LogP contribution >= 0.6 is 0 Å². The van der Waals surface area contributed by atoms with Gasteiger partial charge in [0.05, 0.1) is 4.92 Å². The van der Waals surface area contributed by atoms with E-state index in [4.69, 9.17) is 0 Å². The maximum atomic E-state index is 10.7. The van der Waals surface area contributed by atoms with Crippen LogP contribution < -0.4 is 5.32 Å². The van der Waals surface area contributed by atoms with Gasteiger partial charge < -0.3 is 10.4 Å². The van der Waals surface area contributed by atoms with E-state index in [2.05, 4.69) is 5.32 Å². The summed E-state index contributed by atoms with van der Waals surface area (Å²) in [6, 6.07) is 13.6. The van der Waals surface area contributed by atoms with E-state index in [0.29, 0.717) is 6.54 Å². The maximum absolute atomic E-state index is 10.7. The van der Waals surface area contributed by atoms with Crippen molar-refractivity contribution in [3.63, 3.8) is 0 Å². The van der Waals surface area contributed by atoms with Crippen molar-refractivity contribution in [2.45, 2.75) is 19.5 Å². The first-order chi connectivity index (χ1) is 9.56. The van der Waals surface area contributed by atoms with E-state index in [9.17, 15) is 15.2 Å². The van der Waals surface area contributed by atoms with Gasteiger partial charge in [-0.1, -0.05) is 24.3 Å². The van der Waals surface area contributed by atoms with Crippen LogP contribution in [0.1, 0.15) is 24.1 Å². The number of rotatable bonds is 5. The SMILES string of the molecule is CC(NCc1ccc(O)cc1)c1cccc([N+](=O)[O-])c1. The van der Waals surface area contributed by atoms with Gasteiger partial charge in [0.15, 0.2) is 0 Å². The summed E-state index contributed by atoms with van der Waals surface area (Å²) in [5.41, 5.74) is 2.01. The van der Waals surface area contributed by atoms with Crippen LogP contribution in [0.3, 0.4) is 0 Å². The van der Waals surface area contributed by atoms with Crippen molar-refractivity contribution in [3.05, 3.63) is 69.8 Å². The van der Waals surface area contributed by atoms with Crippen LogP contribution in [0.4, 0.5) is 5.69 Å². The van der Waals surface area contributed by atoms with Crippen molar-refractivity contribution in [1.82, 2.24) is 5.32 Å². The largest absolute Gasteiger partial charge is 0.508 e. The molecule has 5 heteroatoms. The van der Waals surface area contributed by atoms with Crippen LogP contribution in [-0.4, -0.2) is 10.0 Å². The van der Waals surface area contributed by atoms with E-state index < -0.39 is 4.92 Å². The Kier molecular flexibility index (Phi) is 4.32. The quantitative estimate of drug-likeness (QED) is 0.647. The molecule has 0 aliphatic rings. The molecular weight excluding hydrogens is 256 g/mol. The minimum atomic E-state index is -0.393. The number of hydrogen-bond acceptors (Lipinski definition) is 4. The number of non-ortho nitro benzene ring substituents is 1. The molecule has 0 radical (unpaired) electrons. The normalized spacial score (nSPS) is 12.1. The number of phenols is 1. The van der Waals surface area contributed by atoms with Crippen LogP contribution in [0.25, 0.3) is 0 Å². The molecule has 20 heavy (non-hydrogen) atoms.